The smallest absolute Gasteiger partial charge is 0.119 e. The lowest BCUT2D eigenvalue weighted by molar-refractivity contribution is 0.413. The molecule has 3 nitrogen and oxygen atoms in total. The van der Waals surface area contributed by atoms with Crippen LogP contribution < -0.4 is 10.1 Å². The van der Waals surface area contributed by atoms with Crippen molar-refractivity contribution < 1.29 is 4.74 Å². The third kappa shape index (κ3) is 3.38. The second-order valence-electron chi connectivity index (χ2n) is 4.67. The molecule has 20 heavy (non-hydrogen) atoms. The van der Waals surface area contributed by atoms with E-state index in [1.807, 2.05) is 24.5 Å². The Hall–Kier alpha value is -1.39. The van der Waals surface area contributed by atoms with Crippen molar-refractivity contribution in [2.75, 3.05) is 13.7 Å². The lowest BCUT2D eigenvalue weighted by Gasteiger charge is -2.21. The summed E-state index contributed by atoms with van der Waals surface area (Å²) in [4.78, 5) is 4.30. The van der Waals surface area contributed by atoms with Gasteiger partial charge in [-0.05, 0) is 48.4 Å². The number of ether oxygens (including phenoxy) is 1. The zero-order chi connectivity index (χ0) is 14.5. The highest BCUT2D eigenvalue weighted by Crippen LogP contribution is 2.31. The molecule has 1 unspecified atom stereocenters. The Kier molecular flexibility index (Phi) is 5.15. The molecule has 0 bridgehead atoms. The predicted octanol–water partition coefficient (Wildman–Crippen LogP) is 3.86. The summed E-state index contributed by atoms with van der Waals surface area (Å²) in [7, 11) is 1.68. The van der Waals surface area contributed by atoms with E-state index in [1.54, 1.807) is 7.11 Å². The van der Waals surface area contributed by atoms with E-state index < -0.39 is 0 Å². The van der Waals surface area contributed by atoms with Crippen LogP contribution in [0.25, 0.3) is 0 Å². The molecule has 0 saturated heterocycles. The summed E-state index contributed by atoms with van der Waals surface area (Å²) < 4.78 is 6.39. The normalized spacial score (nSPS) is 12.2. The van der Waals surface area contributed by atoms with Gasteiger partial charge < -0.3 is 10.1 Å². The molecule has 2 aromatic rings. The van der Waals surface area contributed by atoms with Crippen LogP contribution in [0.2, 0.25) is 0 Å². The molecule has 1 aromatic carbocycles. The average Bonchev–Trinajstić information content (AvgIpc) is 2.46. The fourth-order valence-corrected chi connectivity index (χ4v) is 2.69. The van der Waals surface area contributed by atoms with Crippen molar-refractivity contribution in [3.63, 3.8) is 0 Å². The van der Waals surface area contributed by atoms with Gasteiger partial charge in [0.05, 0.1) is 13.2 Å². The third-order valence-corrected chi connectivity index (χ3v) is 3.87. The van der Waals surface area contributed by atoms with Gasteiger partial charge >= 0.3 is 0 Å². The molecular weight excluding hydrogens is 316 g/mol. The SMILES string of the molecule is CCNC(c1cncc(C)c1)c1cc(OC)ccc1Br. The Bertz CT molecular complexity index is 586. The van der Waals surface area contributed by atoms with Crippen molar-refractivity contribution in [1.82, 2.24) is 10.3 Å². The van der Waals surface area contributed by atoms with Crippen molar-refractivity contribution in [3.8, 4) is 5.75 Å². The van der Waals surface area contributed by atoms with E-state index in [4.69, 9.17) is 4.74 Å². The van der Waals surface area contributed by atoms with Crippen molar-refractivity contribution in [2.24, 2.45) is 0 Å². The molecule has 0 aliphatic carbocycles. The van der Waals surface area contributed by atoms with E-state index in [1.165, 1.54) is 0 Å². The van der Waals surface area contributed by atoms with E-state index in [0.29, 0.717) is 0 Å². The number of nitrogens with one attached hydrogen (secondary N) is 1. The number of nitrogens with zero attached hydrogens (tertiary/aromatic N) is 1. The van der Waals surface area contributed by atoms with Crippen LogP contribution >= 0.6 is 15.9 Å². The minimum Gasteiger partial charge on any atom is -0.497 e. The molecule has 2 rings (SSSR count). The highest BCUT2D eigenvalue weighted by Gasteiger charge is 2.17. The summed E-state index contributed by atoms with van der Waals surface area (Å²) in [5.74, 6) is 0.853. The zero-order valence-corrected chi connectivity index (χ0v) is 13.6. The molecule has 0 saturated carbocycles. The van der Waals surface area contributed by atoms with Crippen LogP contribution in [0.15, 0.2) is 41.1 Å². The first-order valence-electron chi connectivity index (χ1n) is 6.64. The van der Waals surface area contributed by atoms with Gasteiger partial charge in [-0.1, -0.05) is 28.9 Å². The molecule has 0 radical (unpaired) electrons. The summed E-state index contributed by atoms with van der Waals surface area (Å²) in [6.45, 7) is 5.03. The number of aromatic nitrogens is 1. The fraction of sp³-hybridized carbons (Fsp3) is 0.312. The average molecular weight is 335 g/mol. The van der Waals surface area contributed by atoms with Gasteiger partial charge in [-0.25, -0.2) is 0 Å². The van der Waals surface area contributed by atoms with E-state index in [-0.39, 0.29) is 6.04 Å². The number of hydrogen-bond acceptors (Lipinski definition) is 3. The van der Waals surface area contributed by atoms with Crippen LogP contribution in [0.3, 0.4) is 0 Å². The molecule has 0 aliphatic heterocycles. The second-order valence-corrected chi connectivity index (χ2v) is 5.53. The molecule has 0 fully saturated rings. The molecule has 0 spiro atoms. The topological polar surface area (TPSA) is 34.2 Å². The quantitative estimate of drug-likeness (QED) is 0.901. The molecule has 0 amide bonds. The summed E-state index contributed by atoms with van der Waals surface area (Å²) >= 11 is 3.63. The molecule has 1 N–H and O–H groups in total. The van der Waals surface area contributed by atoms with Crippen LogP contribution in [-0.2, 0) is 0 Å². The minimum absolute atomic E-state index is 0.0943. The Morgan fingerprint density at radius 2 is 2.10 bits per heavy atom. The lowest BCUT2D eigenvalue weighted by atomic mass is 9.99. The Morgan fingerprint density at radius 3 is 2.75 bits per heavy atom. The maximum atomic E-state index is 5.33. The first kappa shape index (κ1) is 15.0. The van der Waals surface area contributed by atoms with Crippen molar-refractivity contribution in [1.29, 1.82) is 0 Å². The molecule has 1 heterocycles. The highest BCUT2D eigenvalue weighted by molar-refractivity contribution is 9.10. The van der Waals surface area contributed by atoms with Gasteiger partial charge in [-0.3, -0.25) is 4.98 Å². The number of aryl methyl sites for hydroxylation is 1. The molecule has 1 aromatic heterocycles. The van der Waals surface area contributed by atoms with Gasteiger partial charge in [0.2, 0.25) is 0 Å². The number of halogens is 1. The number of rotatable bonds is 5. The number of methoxy groups -OCH3 is 1. The van der Waals surface area contributed by atoms with Gasteiger partial charge in [-0.15, -0.1) is 0 Å². The van der Waals surface area contributed by atoms with Crippen molar-refractivity contribution in [2.45, 2.75) is 19.9 Å². The summed E-state index contributed by atoms with van der Waals surface area (Å²) in [6.07, 6.45) is 3.78. The van der Waals surface area contributed by atoms with E-state index >= 15 is 0 Å². The maximum Gasteiger partial charge on any atom is 0.119 e. The number of pyridine rings is 1. The molecule has 0 aliphatic rings. The summed E-state index contributed by atoms with van der Waals surface area (Å²) in [5.41, 5.74) is 3.46. The predicted molar refractivity (Wildman–Crippen MR) is 85.2 cm³/mol. The first-order valence-corrected chi connectivity index (χ1v) is 7.43. The van der Waals surface area contributed by atoms with Crippen molar-refractivity contribution >= 4 is 15.9 Å². The summed E-state index contributed by atoms with van der Waals surface area (Å²) in [6, 6.07) is 8.27. The Morgan fingerprint density at radius 1 is 1.30 bits per heavy atom. The monoisotopic (exact) mass is 334 g/mol. The largest absolute Gasteiger partial charge is 0.497 e. The molecule has 106 valence electrons. The van der Waals surface area contributed by atoms with E-state index in [0.717, 1.165) is 33.5 Å². The molecule has 4 heteroatoms. The second kappa shape index (κ2) is 6.86. The summed E-state index contributed by atoms with van der Waals surface area (Å²) in [5, 5.41) is 3.51. The van der Waals surface area contributed by atoms with Crippen LogP contribution in [0.4, 0.5) is 0 Å². The highest BCUT2D eigenvalue weighted by atomic mass is 79.9. The van der Waals surface area contributed by atoms with Crippen LogP contribution in [0.1, 0.15) is 29.7 Å². The van der Waals surface area contributed by atoms with Gasteiger partial charge in [-0.2, -0.15) is 0 Å². The van der Waals surface area contributed by atoms with Crippen LogP contribution in [-0.4, -0.2) is 18.6 Å². The van der Waals surface area contributed by atoms with Gasteiger partial charge in [0, 0.05) is 16.9 Å². The Labute approximate surface area is 128 Å². The van der Waals surface area contributed by atoms with E-state index in [9.17, 15) is 0 Å². The zero-order valence-electron chi connectivity index (χ0n) is 12.0. The molecule has 1 atom stereocenters. The fourth-order valence-electron chi connectivity index (χ4n) is 2.22. The van der Waals surface area contributed by atoms with Gasteiger partial charge in [0.15, 0.2) is 0 Å². The van der Waals surface area contributed by atoms with Crippen LogP contribution in [0, 0.1) is 6.92 Å². The number of hydrogen-bond donors (Lipinski definition) is 1. The standard InChI is InChI=1S/C16H19BrN2O/c1-4-19-16(12-7-11(2)9-18-10-12)14-8-13(20-3)5-6-15(14)17/h5-10,16,19H,4H2,1-3H3. The van der Waals surface area contributed by atoms with Crippen molar-refractivity contribution in [3.05, 3.63) is 57.8 Å². The third-order valence-electron chi connectivity index (χ3n) is 3.15. The number of benzene rings is 1. The first-order chi connectivity index (χ1) is 9.65. The van der Waals surface area contributed by atoms with Crippen LogP contribution in [0.5, 0.6) is 5.75 Å². The molecular formula is C16H19BrN2O. The Balaban J connectivity index is 2.47. The minimum atomic E-state index is 0.0943. The van der Waals surface area contributed by atoms with Gasteiger partial charge in [0.1, 0.15) is 5.75 Å². The van der Waals surface area contributed by atoms with E-state index in [2.05, 4.69) is 52.2 Å². The van der Waals surface area contributed by atoms with Gasteiger partial charge in [0.25, 0.3) is 0 Å². The lowest BCUT2D eigenvalue weighted by Crippen LogP contribution is -2.22. The maximum absolute atomic E-state index is 5.33.